The monoisotopic (exact) mass is 447 g/mol. The minimum absolute atomic E-state index is 0.152. The first-order chi connectivity index (χ1) is 14.2. The van der Waals surface area contributed by atoms with Gasteiger partial charge in [0, 0.05) is 25.5 Å². The molecule has 1 amide bonds. The summed E-state index contributed by atoms with van der Waals surface area (Å²) in [5, 5.41) is 23.5. The van der Waals surface area contributed by atoms with E-state index >= 15 is 0 Å². The van der Waals surface area contributed by atoms with Crippen LogP contribution in [0.25, 0.3) is 10.2 Å². The van der Waals surface area contributed by atoms with Gasteiger partial charge in [0.25, 0.3) is 0 Å². The predicted octanol–water partition coefficient (Wildman–Crippen LogP) is 2.06. The number of aliphatic hydroxyl groups excluding tert-OH is 2. The summed E-state index contributed by atoms with van der Waals surface area (Å²) in [5.41, 5.74) is 0.448. The van der Waals surface area contributed by atoms with Gasteiger partial charge in [-0.15, -0.1) is 24.5 Å². The molecule has 3 unspecified atom stereocenters. The number of hydrogen-bond donors (Lipinski definition) is 3. The lowest BCUT2D eigenvalue weighted by Gasteiger charge is -2.23. The van der Waals surface area contributed by atoms with Crippen molar-refractivity contribution in [2.75, 3.05) is 19.7 Å². The third-order valence-corrected chi connectivity index (χ3v) is 6.13. The van der Waals surface area contributed by atoms with Crippen LogP contribution in [0.1, 0.15) is 24.8 Å². The molecule has 166 valence electrons. The van der Waals surface area contributed by atoms with Crippen LogP contribution in [0, 0.1) is 0 Å². The number of benzene rings is 1. The Balaban J connectivity index is 1.57. The van der Waals surface area contributed by atoms with Crippen LogP contribution >= 0.6 is 11.3 Å². The van der Waals surface area contributed by atoms with Crippen LogP contribution < -0.4 is 10.1 Å². The number of amides is 1. The molecule has 7 nitrogen and oxygen atoms in total. The van der Waals surface area contributed by atoms with Gasteiger partial charge in [-0.2, -0.15) is 0 Å². The first-order valence-corrected chi connectivity index (χ1v) is 10.5. The normalized spacial score (nSPS) is 22.5. The van der Waals surface area contributed by atoms with Gasteiger partial charge in [0.15, 0.2) is 0 Å². The van der Waals surface area contributed by atoms with Crippen LogP contribution in [-0.4, -0.2) is 70.3 Å². The molecule has 0 bridgehead atoms. The molecule has 0 spiro atoms. The number of likely N-dealkylation sites (tertiary alicyclic amines) is 1. The maximum atomic E-state index is 12.4. The van der Waals surface area contributed by atoms with Crippen molar-refractivity contribution in [3.05, 3.63) is 23.2 Å². The maximum absolute atomic E-state index is 12.4. The fourth-order valence-electron chi connectivity index (χ4n) is 3.59. The summed E-state index contributed by atoms with van der Waals surface area (Å²) in [4.78, 5) is 17.9. The van der Waals surface area contributed by atoms with E-state index in [-0.39, 0.29) is 18.3 Å². The molecule has 1 aliphatic heterocycles. The Bertz CT molecular complexity index is 876. The van der Waals surface area contributed by atoms with Crippen LogP contribution in [0.15, 0.2) is 18.2 Å². The molecular formula is C19H24F3N3O4S. The summed E-state index contributed by atoms with van der Waals surface area (Å²) < 4.78 is 41.8. The Hall–Kier alpha value is -1.95. The highest BCUT2D eigenvalue weighted by Crippen LogP contribution is 2.30. The number of carbonyl (C=O) groups is 1. The Morgan fingerprint density at radius 1 is 1.43 bits per heavy atom. The van der Waals surface area contributed by atoms with Crippen molar-refractivity contribution in [1.29, 1.82) is 0 Å². The van der Waals surface area contributed by atoms with E-state index in [0.29, 0.717) is 37.9 Å². The highest BCUT2D eigenvalue weighted by Gasteiger charge is 2.40. The van der Waals surface area contributed by atoms with Gasteiger partial charge in [-0.1, -0.05) is 6.92 Å². The van der Waals surface area contributed by atoms with Crippen LogP contribution in [0.5, 0.6) is 5.75 Å². The minimum atomic E-state index is -4.75. The van der Waals surface area contributed by atoms with Gasteiger partial charge in [0.2, 0.25) is 5.91 Å². The third-order valence-electron chi connectivity index (χ3n) is 5.03. The van der Waals surface area contributed by atoms with Crippen molar-refractivity contribution in [3.63, 3.8) is 0 Å². The number of carbonyl (C=O) groups excluding carboxylic acids is 1. The molecule has 1 aromatic carbocycles. The molecule has 1 aliphatic rings. The fraction of sp³-hybridized carbons (Fsp3) is 0.579. The zero-order valence-corrected chi connectivity index (χ0v) is 17.2. The average Bonchev–Trinajstić information content (AvgIpc) is 3.20. The molecule has 30 heavy (non-hydrogen) atoms. The number of rotatable bonds is 8. The van der Waals surface area contributed by atoms with E-state index in [9.17, 15) is 28.2 Å². The quantitative estimate of drug-likeness (QED) is 0.574. The largest absolute Gasteiger partial charge is 0.573 e. The number of alkyl halides is 3. The van der Waals surface area contributed by atoms with Crippen molar-refractivity contribution in [3.8, 4) is 5.75 Å². The molecule has 0 aliphatic carbocycles. The zero-order chi connectivity index (χ0) is 21.9. The lowest BCUT2D eigenvalue weighted by Crippen LogP contribution is -2.45. The summed E-state index contributed by atoms with van der Waals surface area (Å²) in [6.07, 6.45) is -3.99. The topological polar surface area (TPSA) is 94.9 Å². The molecule has 1 aromatic heterocycles. The van der Waals surface area contributed by atoms with Crippen molar-refractivity contribution in [2.24, 2.45) is 0 Å². The maximum Gasteiger partial charge on any atom is 0.573 e. The van der Waals surface area contributed by atoms with Gasteiger partial charge in [-0.3, -0.25) is 9.69 Å². The molecule has 3 rings (SSSR count). The highest BCUT2D eigenvalue weighted by atomic mass is 32.1. The van der Waals surface area contributed by atoms with Crippen LogP contribution in [0.4, 0.5) is 13.2 Å². The number of aromatic nitrogens is 1. The van der Waals surface area contributed by atoms with E-state index in [0.717, 1.165) is 9.71 Å². The Kier molecular flexibility index (Phi) is 7.17. The molecule has 2 aromatic rings. The summed E-state index contributed by atoms with van der Waals surface area (Å²) >= 11 is 1.40. The summed E-state index contributed by atoms with van der Waals surface area (Å²) in [5.74, 6) is -0.454. The van der Waals surface area contributed by atoms with Crippen molar-refractivity contribution in [1.82, 2.24) is 15.2 Å². The van der Waals surface area contributed by atoms with Crippen LogP contribution in [-0.2, 0) is 11.2 Å². The van der Waals surface area contributed by atoms with Gasteiger partial charge in [0.05, 0.1) is 40.0 Å². The van der Waals surface area contributed by atoms with Gasteiger partial charge in [0.1, 0.15) is 5.75 Å². The van der Waals surface area contributed by atoms with Gasteiger partial charge >= 0.3 is 6.36 Å². The number of hydrogen-bond acceptors (Lipinski definition) is 7. The van der Waals surface area contributed by atoms with E-state index in [1.54, 1.807) is 13.0 Å². The Labute approximate surface area is 175 Å². The number of nitrogens with zero attached hydrogens (tertiary/aromatic N) is 2. The lowest BCUT2D eigenvalue weighted by atomic mass is 10.1. The zero-order valence-electron chi connectivity index (χ0n) is 16.4. The second-order valence-corrected chi connectivity index (χ2v) is 8.27. The van der Waals surface area contributed by atoms with Crippen molar-refractivity contribution in [2.45, 2.75) is 50.7 Å². The van der Waals surface area contributed by atoms with Crippen molar-refractivity contribution >= 4 is 27.5 Å². The minimum Gasteiger partial charge on any atom is -0.406 e. The third kappa shape index (κ3) is 5.60. The second-order valence-electron chi connectivity index (χ2n) is 7.15. The molecule has 3 N–H and O–H groups in total. The Morgan fingerprint density at radius 2 is 2.20 bits per heavy atom. The molecule has 0 saturated carbocycles. The SMILES string of the molecule is CCC(=O)NC1CN(CCCc2nc3cc(OC(F)(F)F)ccc3s2)C(CO)C1O. The van der Waals surface area contributed by atoms with E-state index in [1.807, 2.05) is 4.90 Å². The number of nitrogens with one attached hydrogen (secondary N) is 1. The number of fused-ring (bicyclic) bond motifs is 1. The van der Waals surface area contributed by atoms with E-state index in [1.165, 1.54) is 23.5 Å². The molecule has 3 atom stereocenters. The average molecular weight is 447 g/mol. The standard InChI is InChI=1S/C19H24F3N3O4S/c1-2-16(27)23-13-9-25(14(10-26)18(13)28)7-3-4-17-24-12-8-11(29-19(20,21)22)5-6-15(12)30-17/h5-6,8,13-14,18,26,28H,2-4,7,9-10H2,1H3,(H,23,27). The van der Waals surface area contributed by atoms with Crippen LogP contribution in [0.2, 0.25) is 0 Å². The number of aliphatic hydroxyl groups is 2. The summed E-state index contributed by atoms with van der Waals surface area (Å²) in [6, 6.07) is 3.20. The summed E-state index contributed by atoms with van der Waals surface area (Å²) in [7, 11) is 0. The number of ether oxygens (including phenoxy) is 1. The first-order valence-electron chi connectivity index (χ1n) is 9.67. The van der Waals surface area contributed by atoms with E-state index < -0.39 is 24.6 Å². The fourth-order valence-corrected chi connectivity index (χ4v) is 4.58. The first kappa shape index (κ1) is 22.7. The smallest absolute Gasteiger partial charge is 0.406 e. The molecule has 11 heteroatoms. The van der Waals surface area contributed by atoms with Gasteiger partial charge < -0.3 is 20.3 Å². The number of halogens is 3. The second kappa shape index (κ2) is 9.46. The molecule has 2 heterocycles. The molecule has 0 radical (unpaired) electrons. The van der Waals surface area contributed by atoms with E-state index in [2.05, 4.69) is 15.0 Å². The molecular weight excluding hydrogens is 423 g/mol. The van der Waals surface area contributed by atoms with Crippen molar-refractivity contribution < 1.29 is 32.9 Å². The Morgan fingerprint density at radius 3 is 2.87 bits per heavy atom. The van der Waals surface area contributed by atoms with E-state index in [4.69, 9.17) is 0 Å². The summed E-state index contributed by atoms with van der Waals surface area (Å²) in [6.45, 7) is 2.53. The lowest BCUT2D eigenvalue weighted by molar-refractivity contribution is -0.274. The molecule has 1 saturated heterocycles. The van der Waals surface area contributed by atoms with Crippen LogP contribution in [0.3, 0.4) is 0 Å². The highest BCUT2D eigenvalue weighted by molar-refractivity contribution is 7.18. The van der Waals surface area contributed by atoms with Gasteiger partial charge in [-0.05, 0) is 25.1 Å². The molecule has 1 fully saturated rings. The number of aryl methyl sites for hydroxylation is 1. The predicted molar refractivity (Wildman–Crippen MR) is 105 cm³/mol. The van der Waals surface area contributed by atoms with Gasteiger partial charge in [-0.25, -0.2) is 4.98 Å². The number of thiazole rings is 1.